The van der Waals surface area contributed by atoms with Crippen LogP contribution in [0.1, 0.15) is 18.1 Å². The second kappa shape index (κ2) is 6.70. The van der Waals surface area contributed by atoms with E-state index in [1.165, 1.54) is 6.92 Å². The molecule has 0 aromatic heterocycles. The Balaban J connectivity index is 2.04. The lowest BCUT2D eigenvalue weighted by Crippen LogP contribution is -2.22. The molecule has 0 heterocycles. The van der Waals surface area contributed by atoms with Crippen LogP contribution in [0.3, 0.4) is 0 Å². The molecule has 1 N–H and O–H groups in total. The van der Waals surface area contributed by atoms with E-state index in [0.29, 0.717) is 5.75 Å². The summed E-state index contributed by atoms with van der Waals surface area (Å²) in [5, 5.41) is 8.78. The summed E-state index contributed by atoms with van der Waals surface area (Å²) < 4.78 is 5.27. The van der Waals surface area contributed by atoms with Crippen LogP contribution in [0.15, 0.2) is 53.5 Å². The van der Waals surface area contributed by atoms with Gasteiger partial charge in [-0.1, -0.05) is 12.1 Å². The van der Waals surface area contributed by atoms with Gasteiger partial charge in [0.25, 0.3) is 0 Å². The first-order valence-electron chi connectivity index (χ1n) is 6.65. The maximum atomic E-state index is 10.7. The average Bonchev–Trinajstić information content (AvgIpc) is 2.46. The number of aliphatic imine (C=N–C) groups is 1. The zero-order valence-corrected chi connectivity index (χ0v) is 12.0. The number of rotatable bonds is 5. The highest BCUT2D eigenvalue weighted by atomic mass is 16.5. The van der Waals surface area contributed by atoms with E-state index in [0.717, 1.165) is 16.8 Å². The first kappa shape index (κ1) is 14.8. The first-order valence-corrected chi connectivity index (χ1v) is 6.65. The van der Waals surface area contributed by atoms with E-state index in [1.54, 1.807) is 18.3 Å². The number of benzene rings is 2. The van der Waals surface area contributed by atoms with Crippen LogP contribution in [0.2, 0.25) is 0 Å². The zero-order chi connectivity index (χ0) is 15.2. The lowest BCUT2D eigenvalue weighted by Gasteiger charge is -2.09. The van der Waals surface area contributed by atoms with Gasteiger partial charge >= 0.3 is 5.97 Å². The van der Waals surface area contributed by atoms with Crippen LogP contribution in [-0.4, -0.2) is 23.4 Å². The molecule has 4 heteroatoms. The lowest BCUT2D eigenvalue weighted by molar-refractivity contribution is -0.144. The third-order valence-corrected chi connectivity index (χ3v) is 2.91. The molecule has 0 unspecified atom stereocenters. The molecule has 0 amide bonds. The Labute approximate surface area is 123 Å². The molecule has 0 spiro atoms. The molecule has 0 radical (unpaired) electrons. The number of ether oxygens (including phenoxy) is 1. The number of aliphatic carboxylic acids is 1. The molecule has 1 atom stereocenters. The summed E-state index contributed by atoms with van der Waals surface area (Å²) >= 11 is 0. The predicted molar refractivity (Wildman–Crippen MR) is 82.6 cm³/mol. The summed E-state index contributed by atoms with van der Waals surface area (Å²) in [4.78, 5) is 15.1. The summed E-state index contributed by atoms with van der Waals surface area (Å²) in [6.45, 7) is 3.52. The molecule has 2 aromatic rings. The molecule has 2 aromatic carbocycles. The van der Waals surface area contributed by atoms with Gasteiger partial charge in [-0.3, -0.25) is 4.99 Å². The minimum atomic E-state index is -0.986. The first-order chi connectivity index (χ1) is 10.0. The van der Waals surface area contributed by atoms with Gasteiger partial charge in [0.1, 0.15) is 5.75 Å². The molecule has 108 valence electrons. The summed E-state index contributed by atoms with van der Waals surface area (Å²) in [7, 11) is 0. The molecule has 0 aliphatic carbocycles. The summed E-state index contributed by atoms with van der Waals surface area (Å²) in [5.74, 6) is -0.460. The predicted octanol–water partition coefficient (Wildman–Crippen LogP) is 3.60. The van der Waals surface area contributed by atoms with Crippen molar-refractivity contribution in [3.63, 3.8) is 0 Å². The monoisotopic (exact) mass is 283 g/mol. The molecule has 0 saturated carbocycles. The Kier molecular flexibility index (Phi) is 4.72. The van der Waals surface area contributed by atoms with Crippen molar-refractivity contribution < 1.29 is 14.6 Å². The fourth-order valence-corrected chi connectivity index (χ4v) is 1.74. The van der Waals surface area contributed by atoms with Crippen molar-refractivity contribution in [2.75, 3.05) is 0 Å². The maximum absolute atomic E-state index is 10.7. The second-order valence-electron chi connectivity index (χ2n) is 4.76. The van der Waals surface area contributed by atoms with Crippen LogP contribution in [-0.2, 0) is 4.79 Å². The number of aryl methyl sites for hydroxylation is 1. The van der Waals surface area contributed by atoms with Crippen LogP contribution in [0.25, 0.3) is 0 Å². The number of carboxylic acid groups (broad SMARTS) is 1. The highest BCUT2D eigenvalue weighted by molar-refractivity contribution is 5.82. The Bertz CT molecular complexity index is 647. The van der Waals surface area contributed by atoms with Crippen LogP contribution >= 0.6 is 0 Å². The molecule has 0 aliphatic heterocycles. The third-order valence-electron chi connectivity index (χ3n) is 2.91. The van der Waals surface area contributed by atoms with Crippen molar-refractivity contribution >= 4 is 17.9 Å². The molecule has 2 rings (SSSR count). The van der Waals surface area contributed by atoms with E-state index in [4.69, 9.17) is 9.84 Å². The summed E-state index contributed by atoms with van der Waals surface area (Å²) in [6, 6.07) is 15.1. The highest BCUT2D eigenvalue weighted by Gasteiger charge is 2.11. The molecule has 4 nitrogen and oxygen atoms in total. The maximum Gasteiger partial charge on any atom is 0.344 e. The number of carboxylic acids is 1. The van der Waals surface area contributed by atoms with Crippen molar-refractivity contribution in [3.05, 3.63) is 59.7 Å². The fraction of sp³-hybridized carbons (Fsp3) is 0.176. The van der Waals surface area contributed by atoms with E-state index in [2.05, 4.69) is 4.99 Å². The van der Waals surface area contributed by atoms with E-state index in [9.17, 15) is 4.79 Å². The lowest BCUT2D eigenvalue weighted by atomic mass is 10.2. The van der Waals surface area contributed by atoms with E-state index in [-0.39, 0.29) is 0 Å². The van der Waals surface area contributed by atoms with Gasteiger partial charge in [-0.05, 0) is 61.4 Å². The molecule has 0 fully saturated rings. The molecular formula is C17H17NO3. The number of nitrogens with zero attached hydrogens (tertiary/aromatic N) is 1. The van der Waals surface area contributed by atoms with E-state index in [1.807, 2.05) is 43.3 Å². The molecular weight excluding hydrogens is 266 g/mol. The zero-order valence-electron chi connectivity index (χ0n) is 12.0. The van der Waals surface area contributed by atoms with Crippen LogP contribution < -0.4 is 4.74 Å². The van der Waals surface area contributed by atoms with E-state index >= 15 is 0 Å². The Morgan fingerprint density at radius 2 is 1.95 bits per heavy atom. The van der Waals surface area contributed by atoms with Gasteiger partial charge in [-0.2, -0.15) is 0 Å². The van der Waals surface area contributed by atoms with Gasteiger partial charge in [-0.15, -0.1) is 0 Å². The molecule has 0 bridgehead atoms. The quantitative estimate of drug-likeness (QED) is 0.853. The average molecular weight is 283 g/mol. The van der Waals surface area contributed by atoms with Crippen molar-refractivity contribution in [1.29, 1.82) is 0 Å². The van der Waals surface area contributed by atoms with Crippen LogP contribution in [0, 0.1) is 6.92 Å². The number of carbonyl (C=O) groups is 1. The van der Waals surface area contributed by atoms with Gasteiger partial charge in [-0.25, -0.2) is 4.79 Å². The molecule has 0 saturated heterocycles. The third kappa shape index (κ3) is 4.45. The van der Waals surface area contributed by atoms with Gasteiger partial charge in [0.05, 0.1) is 5.69 Å². The number of hydrogen-bond acceptors (Lipinski definition) is 3. The fourth-order valence-electron chi connectivity index (χ4n) is 1.74. The molecule has 21 heavy (non-hydrogen) atoms. The smallest absolute Gasteiger partial charge is 0.344 e. The van der Waals surface area contributed by atoms with Crippen molar-refractivity contribution in [1.82, 2.24) is 0 Å². The van der Waals surface area contributed by atoms with Crippen molar-refractivity contribution in [2.24, 2.45) is 4.99 Å². The molecule has 0 aliphatic rings. The topological polar surface area (TPSA) is 58.9 Å². The van der Waals surface area contributed by atoms with Crippen molar-refractivity contribution in [2.45, 2.75) is 20.0 Å². The van der Waals surface area contributed by atoms with Gasteiger partial charge < -0.3 is 9.84 Å². The number of hydrogen-bond donors (Lipinski definition) is 1. The van der Waals surface area contributed by atoms with Crippen molar-refractivity contribution in [3.8, 4) is 5.75 Å². The summed E-state index contributed by atoms with van der Waals surface area (Å²) in [5.41, 5.74) is 2.98. The van der Waals surface area contributed by atoms with Crippen LogP contribution in [0.5, 0.6) is 5.75 Å². The minimum absolute atomic E-state index is 0.526. The van der Waals surface area contributed by atoms with Crippen LogP contribution in [0.4, 0.5) is 5.69 Å². The Morgan fingerprint density at radius 3 is 2.57 bits per heavy atom. The normalized spacial score (nSPS) is 12.3. The highest BCUT2D eigenvalue weighted by Crippen LogP contribution is 2.16. The minimum Gasteiger partial charge on any atom is -0.479 e. The van der Waals surface area contributed by atoms with Gasteiger partial charge in [0.2, 0.25) is 0 Å². The Hall–Kier alpha value is -2.62. The Morgan fingerprint density at radius 1 is 1.24 bits per heavy atom. The largest absolute Gasteiger partial charge is 0.479 e. The summed E-state index contributed by atoms with van der Waals surface area (Å²) in [6.07, 6.45) is 0.899. The SMILES string of the molecule is Cc1cccc(N=Cc2ccc(O[C@@H](C)C(=O)O)cc2)c1. The van der Waals surface area contributed by atoms with E-state index < -0.39 is 12.1 Å². The van der Waals surface area contributed by atoms with Gasteiger partial charge in [0, 0.05) is 6.21 Å². The van der Waals surface area contributed by atoms with Gasteiger partial charge in [0.15, 0.2) is 6.10 Å². The second-order valence-corrected chi connectivity index (χ2v) is 4.76. The standard InChI is InChI=1S/C17H17NO3/c1-12-4-3-5-15(10-12)18-11-14-6-8-16(9-7-14)21-13(2)17(19)20/h3-11,13H,1-2H3,(H,19,20)/t13-/m0/s1.